The zero-order chi connectivity index (χ0) is 14.6. The molecule has 1 rings (SSSR count). The van der Waals surface area contributed by atoms with E-state index < -0.39 is 28.2 Å². The summed E-state index contributed by atoms with van der Waals surface area (Å²) < 4.78 is 26.9. The standard InChI is InChI=1S/C11H15NO6S/c1-2-18-11(15)10(14)9(13)7-4-3-5-8(6-7)19(12,16)17/h3-6,9-10,13-14H,2H2,1H3,(H2,12,16,17). The number of carbonyl (C=O) groups is 1. The number of benzene rings is 1. The topological polar surface area (TPSA) is 127 Å². The van der Waals surface area contributed by atoms with E-state index in [1.165, 1.54) is 18.2 Å². The molecule has 0 heterocycles. The van der Waals surface area contributed by atoms with Crippen molar-refractivity contribution in [3.05, 3.63) is 29.8 Å². The lowest BCUT2D eigenvalue weighted by Gasteiger charge is -2.17. The summed E-state index contributed by atoms with van der Waals surface area (Å²) in [5.41, 5.74) is 0.0482. The van der Waals surface area contributed by atoms with Crippen LogP contribution in [0.15, 0.2) is 29.2 Å². The van der Waals surface area contributed by atoms with Crippen LogP contribution in [0.1, 0.15) is 18.6 Å². The maximum absolute atomic E-state index is 11.3. The Kier molecular flexibility index (Phi) is 5.01. The Morgan fingerprint density at radius 1 is 1.42 bits per heavy atom. The van der Waals surface area contributed by atoms with Gasteiger partial charge in [-0.25, -0.2) is 18.4 Å². The zero-order valence-corrected chi connectivity index (χ0v) is 11.0. The van der Waals surface area contributed by atoms with Gasteiger partial charge in [-0.3, -0.25) is 0 Å². The van der Waals surface area contributed by atoms with Crippen LogP contribution in [0, 0.1) is 0 Å². The third-order valence-electron chi connectivity index (χ3n) is 2.36. The van der Waals surface area contributed by atoms with E-state index >= 15 is 0 Å². The summed E-state index contributed by atoms with van der Waals surface area (Å²) in [5, 5.41) is 24.3. The first kappa shape index (κ1) is 15.6. The molecule has 0 fully saturated rings. The number of aliphatic hydroxyl groups is 2. The first-order chi connectivity index (χ1) is 8.77. The molecule has 0 aliphatic heterocycles. The van der Waals surface area contributed by atoms with Crippen LogP contribution >= 0.6 is 0 Å². The van der Waals surface area contributed by atoms with Crippen LogP contribution in [0.4, 0.5) is 0 Å². The van der Waals surface area contributed by atoms with Crippen LogP contribution in [0.3, 0.4) is 0 Å². The zero-order valence-electron chi connectivity index (χ0n) is 10.2. The van der Waals surface area contributed by atoms with Gasteiger partial charge in [-0.15, -0.1) is 0 Å². The first-order valence-corrected chi connectivity index (χ1v) is 6.97. The average molecular weight is 289 g/mol. The molecule has 0 saturated heterocycles. The van der Waals surface area contributed by atoms with Gasteiger partial charge in [0.2, 0.25) is 10.0 Å². The Labute approximate surface area is 110 Å². The van der Waals surface area contributed by atoms with Crippen LogP contribution in [0.5, 0.6) is 0 Å². The van der Waals surface area contributed by atoms with E-state index in [9.17, 15) is 23.4 Å². The molecule has 2 atom stereocenters. The molecule has 0 aliphatic carbocycles. The Morgan fingerprint density at radius 3 is 2.58 bits per heavy atom. The number of primary sulfonamides is 1. The molecule has 1 aromatic carbocycles. The number of nitrogens with two attached hydrogens (primary N) is 1. The molecule has 0 saturated carbocycles. The molecular formula is C11H15NO6S. The van der Waals surface area contributed by atoms with Gasteiger partial charge < -0.3 is 14.9 Å². The molecule has 1 aromatic rings. The molecular weight excluding hydrogens is 274 g/mol. The summed E-state index contributed by atoms with van der Waals surface area (Å²) in [6.45, 7) is 1.61. The molecule has 0 aromatic heterocycles. The molecule has 2 unspecified atom stereocenters. The Hall–Kier alpha value is -1.48. The minimum absolute atomic E-state index is 0.0482. The summed E-state index contributed by atoms with van der Waals surface area (Å²) in [7, 11) is -3.92. The van der Waals surface area contributed by atoms with Gasteiger partial charge in [-0.05, 0) is 24.6 Å². The highest BCUT2D eigenvalue weighted by Crippen LogP contribution is 2.20. The second kappa shape index (κ2) is 6.11. The molecule has 4 N–H and O–H groups in total. The van der Waals surface area contributed by atoms with Gasteiger partial charge in [0.1, 0.15) is 6.10 Å². The number of hydrogen-bond donors (Lipinski definition) is 3. The van der Waals surface area contributed by atoms with Crippen molar-refractivity contribution in [1.29, 1.82) is 0 Å². The number of sulfonamides is 1. The fraction of sp³-hybridized carbons (Fsp3) is 0.364. The first-order valence-electron chi connectivity index (χ1n) is 5.43. The SMILES string of the molecule is CCOC(=O)C(O)C(O)c1cccc(S(N)(=O)=O)c1. The van der Waals surface area contributed by atoms with Gasteiger partial charge in [0.05, 0.1) is 11.5 Å². The second-order valence-corrected chi connectivity index (χ2v) is 5.32. The van der Waals surface area contributed by atoms with Crippen molar-refractivity contribution in [2.75, 3.05) is 6.61 Å². The van der Waals surface area contributed by atoms with Crippen LogP contribution in [0.25, 0.3) is 0 Å². The summed E-state index contributed by atoms with van der Waals surface area (Å²) in [6, 6.07) is 5.03. The Balaban J connectivity index is 3.00. The van der Waals surface area contributed by atoms with E-state index in [0.29, 0.717) is 0 Å². The molecule has 0 amide bonds. The van der Waals surface area contributed by atoms with E-state index in [-0.39, 0.29) is 17.1 Å². The van der Waals surface area contributed by atoms with E-state index in [4.69, 9.17) is 5.14 Å². The summed E-state index contributed by atoms with van der Waals surface area (Å²) in [4.78, 5) is 11.0. The maximum atomic E-state index is 11.3. The molecule has 0 spiro atoms. The van der Waals surface area contributed by atoms with Gasteiger partial charge >= 0.3 is 5.97 Å². The molecule has 0 bridgehead atoms. The van der Waals surface area contributed by atoms with Crippen molar-refractivity contribution in [2.45, 2.75) is 24.0 Å². The van der Waals surface area contributed by atoms with Crippen molar-refractivity contribution in [2.24, 2.45) is 5.14 Å². The number of carbonyl (C=O) groups excluding carboxylic acids is 1. The summed E-state index contributed by atoms with van der Waals surface area (Å²) in [6.07, 6.45) is -3.39. The third kappa shape index (κ3) is 4.00. The van der Waals surface area contributed by atoms with Crippen LogP contribution in [-0.4, -0.2) is 37.3 Å². The minimum Gasteiger partial charge on any atom is -0.464 e. The molecule has 19 heavy (non-hydrogen) atoms. The molecule has 106 valence electrons. The van der Waals surface area contributed by atoms with Crippen LogP contribution in [-0.2, 0) is 19.6 Å². The molecule has 0 radical (unpaired) electrons. The Bertz CT molecular complexity index is 556. The normalized spacial score (nSPS) is 14.7. The lowest BCUT2D eigenvalue weighted by Crippen LogP contribution is -2.30. The lowest BCUT2D eigenvalue weighted by molar-refractivity contribution is -0.159. The lowest BCUT2D eigenvalue weighted by atomic mass is 10.0. The van der Waals surface area contributed by atoms with Gasteiger partial charge in [0.25, 0.3) is 0 Å². The number of esters is 1. The number of aliphatic hydroxyl groups excluding tert-OH is 2. The molecule has 0 aliphatic rings. The predicted molar refractivity (Wildman–Crippen MR) is 65.4 cm³/mol. The van der Waals surface area contributed by atoms with E-state index in [2.05, 4.69) is 4.74 Å². The minimum atomic E-state index is -3.92. The second-order valence-electron chi connectivity index (χ2n) is 3.76. The number of ether oxygens (including phenoxy) is 1. The van der Waals surface area contributed by atoms with Crippen molar-refractivity contribution in [3.63, 3.8) is 0 Å². The van der Waals surface area contributed by atoms with Gasteiger partial charge in [0.15, 0.2) is 6.10 Å². The van der Waals surface area contributed by atoms with E-state index in [1.807, 2.05) is 0 Å². The Morgan fingerprint density at radius 2 is 2.05 bits per heavy atom. The predicted octanol–water partition coefficient (Wildman–Crippen LogP) is -0.709. The fourth-order valence-electron chi connectivity index (χ4n) is 1.41. The highest BCUT2D eigenvalue weighted by atomic mass is 32.2. The van der Waals surface area contributed by atoms with Gasteiger partial charge in [-0.1, -0.05) is 12.1 Å². The van der Waals surface area contributed by atoms with Crippen molar-refractivity contribution < 1.29 is 28.2 Å². The number of rotatable bonds is 5. The molecule has 7 nitrogen and oxygen atoms in total. The third-order valence-corrected chi connectivity index (χ3v) is 3.27. The highest BCUT2D eigenvalue weighted by molar-refractivity contribution is 7.89. The highest BCUT2D eigenvalue weighted by Gasteiger charge is 2.27. The average Bonchev–Trinajstić information content (AvgIpc) is 2.36. The van der Waals surface area contributed by atoms with E-state index in [0.717, 1.165) is 6.07 Å². The van der Waals surface area contributed by atoms with Gasteiger partial charge in [0, 0.05) is 0 Å². The summed E-state index contributed by atoms with van der Waals surface area (Å²) in [5.74, 6) is -0.990. The van der Waals surface area contributed by atoms with Crippen LogP contribution in [0.2, 0.25) is 0 Å². The molecule has 8 heteroatoms. The quantitative estimate of drug-likeness (QED) is 0.615. The summed E-state index contributed by atoms with van der Waals surface area (Å²) >= 11 is 0. The van der Waals surface area contributed by atoms with Crippen molar-refractivity contribution in [1.82, 2.24) is 0 Å². The van der Waals surface area contributed by atoms with Crippen molar-refractivity contribution >= 4 is 16.0 Å². The smallest absolute Gasteiger partial charge is 0.338 e. The van der Waals surface area contributed by atoms with Crippen molar-refractivity contribution in [3.8, 4) is 0 Å². The maximum Gasteiger partial charge on any atom is 0.338 e. The van der Waals surface area contributed by atoms with E-state index in [1.54, 1.807) is 6.92 Å². The largest absolute Gasteiger partial charge is 0.464 e. The monoisotopic (exact) mass is 289 g/mol. The van der Waals surface area contributed by atoms with Gasteiger partial charge in [-0.2, -0.15) is 0 Å². The van der Waals surface area contributed by atoms with Crippen LogP contribution < -0.4 is 5.14 Å². The number of hydrogen-bond acceptors (Lipinski definition) is 6. The fourth-order valence-corrected chi connectivity index (χ4v) is 1.98.